The van der Waals surface area contributed by atoms with E-state index in [1.807, 2.05) is 22.9 Å². The van der Waals surface area contributed by atoms with E-state index in [0.29, 0.717) is 11.1 Å². The normalized spacial score (nSPS) is 24.9. The minimum absolute atomic E-state index is 0.120. The van der Waals surface area contributed by atoms with Crippen molar-refractivity contribution in [2.24, 2.45) is 5.73 Å². The van der Waals surface area contributed by atoms with Crippen LogP contribution in [0.5, 0.6) is 0 Å². The number of nitrogens with zero attached hydrogens (tertiary/aromatic N) is 1. The average molecular weight is 421 g/mol. The lowest BCUT2D eigenvalue weighted by Crippen LogP contribution is -2.18. The minimum Gasteiger partial charge on any atom is -0.377 e. The molecule has 1 aromatic carbocycles. The number of H-pyrrole nitrogens is 1. The summed E-state index contributed by atoms with van der Waals surface area (Å²) in [6.45, 7) is 1.66. The number of amides is 1. The fourth-order valence-electron chi connectivity index (χ4n) is 3.92. The molecule has 2 aliphatic heterocycles. The second-order valence-electron chi connectivity index (χ2n) is 7.56. The van der Waals surface area contributed by atoms with Gasteiger partial charge in [0, 0.05) is 24.2 Å². The molecule has 4 rings (SSSR count). The summed E-state index contributed by atoms with van der Waals surface area (Å²) in [5, 5.41) is 4.36. The number of aromatic amines is 1. The van der Waals surface area contributed by atoms with E-state index in [1.54, 1.807) is 6.07 Å². The van der Waals surface area contributed by atoms with E-state index in [4.69, 9.17) is 10.5 Å². The Kier molecular flexibility index (Phi) is 6.82. The summed E-state index contributed by atoms with van der Waals surface area (Å²) in [4.78, 5) is 19.6. The molecular formula is C20H28N4O2S2. The van der Waals surface area contributed by atoms with Crippen LogP contribution in [0.3, 0.4) is 0 Å². The number of benzene rings is 1. The molecule has 0 spiro atoms. The fraction of sp³-hybridized carbons (Fsp3) is 0.600. The predicted octanol–water partition coefficient (Wildman–Crippen LogP) is 3.80. The van der Waals surface area contributed by atoms with Gasteiger partial charge in [0.25, 0.3) is 5.91 Å². The fourth-order valence-corrected chi connectivity index (χ4v) is 6.95. The lowest BCUT2D eigenvalue weighted by molar-refractivity contribution is 0.0623. The van der Waals surface area contributed by atoms with E-state index in [-0.39, 0.29) is 12.1 Å². The van der Waals surface area contributed by atoms with Crippen LogP contribution in [0.2, 0.25) is 0 Å². The van der Waals surface area contributed by atoms with Crippen molar-refractivity contribution in [3.63, 3.8) is 0 Å². The number of hydrogen-bond acceptors (Lipinski definition) is 6. The van der Waals surface area contributed by atoms with Crippen molar-refractivity contribution in [2.45, 2.75) is 55.9 Å². The molecule has 1 aromatic heterocycles. The van der Waals surface area contributed by atoms with Crippen molar-refractivity contribution in [1.29, 1.82) is 0 Å². The molecule has 2 aliphatic rings. The van der Waals surface area contributed by atoms with Gasteiger partial charge in [-0.05, 0) is 37.8 Å². The Labute approximate surface area is 173 Å². The molecule has 1 amide bonds. The van der Waals surface area contributed by atoms with E-state index in [2.05, 4.69) is 26.1 Å². The van der Waals surface area contributed by atoms with Gasteiger partial charge in [-0.3, -0.25) is 4.79 Å². The summed E-state index contributed by atoms with van der Waals surface area (Å²) >= 11 is 0. The molecule has 0 bridgehead atoms. The van der Waals surface area contributed by atoms with Crippen molar-refractivity contribution in [3.8, 4) is 0 Å². The number of nitrogens with one attached hydrogen (secondary N) is 2. The Morgan fingerprint density at radius 1 is 1.32 bits per heavy atom. The maximum Gasteiger partial charge on any atom is 0.250 e. The van der Waals surface area contributed by atoms with Gasteiger partial charge in [0.2, 0.25) is 0 Å². The standard InChI is InChI=1S/C20H28N4O2S2/c21-19(25)15-6-4-7-16-18(15)24-20(23-16)17-11-13(12-22-17)26-9-3-1-2-5-14-8-10-27-28-14/h4,6-7,13-14,17,22H,1-3,5,8-12H2,(H2,21,25)(H,23,24). The number of unbranched alkanes of at least 4 members (excludes halogenated alkanes) is 2. The third-order valence-corrected chi connectivity index (χ3v) is 8.48. The minimum atomic E-state index is -0.450. The highest BCUT2D eigenvalue weighted by atomic mass is 33.1. The number of carbonyl (C=O) groups excluding carboxylic acids is 1. The Balaban J connectivity index is 1.21. The number of ether oxygens (including phenoxy) is 1. The molecule has 6 nitrogen and oxygen atoms in total. The third-order valence-electron chi connectivity index (χ3n) is 5.47. The van der Waals surface area contributed by atoms with Crippen LogP contribution in [-0.4, -0.2) is 46.1 Å². The lowest BCUT2D eigenvalue weighted by atomic mass is 10.1. The number of imidazole rings is 1. The van der Waals surface area contributed by atoms with Gasteiger partial charge < -0.3 is 20.8 Å². The van der Waals surface area contributed by atoms with Gasteiger partial charge in [-0.15, -0.1) is 0 Å². The van der Waals surface area contributed by atoms with Crippen LogP contribution in [-0.2, 0) is 4.74 Å². The van der Waals surface area contributed by atoms with E-state index in [0.717, 1.165) is 42.6 Å². The number of primary amides is 1. The van der Waals surface area contributed by atoms with Gasteiger partial charge in [0.05, 0.1) is 23.2 Å². The Morgan fingerprint density at radius 2 is 2.25 bits per heavy atom. The quantitative estimate of drug-likeness (QED) is 0.422. The summed E-state index contributed by atoms with van der Waals surface area (Å²) in [5.41, 5.74) is 7.41. The van der Waals surface area contributed by atoms with E-state index in [1.165, 1.54) is 31.4 Å². The van der Waals surface area contributed by atoms with Gasteiger partial charge in [0.15, 0.2) is 0 Å². The zero-order valence-corrected chi connectivity index (χ0v) is 17.6. The third kappa shape index (κ3) is 4.84. The van der Waals surface area contributed by atoms with Crippen LogP contribution in [0.15, 0.2) is 18.2 Å². The van der Waals surface area contributed by atoms with Gasteiger partial charge in [-0.1, -0.05) is 40.5 Å². The molecule has 0 aliphatic carbocycles. The number of para-hydroxylation sites is 1. The number of nitrogens with two attached hydrogens (primary N) is 1. The van der Waals surface area contributed by atoms with Crippen molar-refractivity contribution in [2.75, 3.05) is 18.9 Å². The van der Waals surface area contributed by atoms with E-state index in [9.17, 15) is 4.79 Å². The molecule has 0 saturated carbocycles. The number of aromatic nitrogens is 2. The Hall–Kier alpha value is -1.22. The number of rotatable bonds is 9. The first-order valence-corrected chi connectivity index (χ1v) is 12.5. The molecule has 152 valence electrons. The summed E-state index contributed by atoms with van der Waals surface area (Å²) in [6.07, 6.45) is 7.54. The monoisotopic (exact) mass is 420 g/mol. The summed E-state index contributed by atoms with van der Waals surface area (Å²) in [7, 11) is 4.09. The topological polar surface area (TPSA) is 93.0 Å². The molecule has 0 radical (unpaired) electrons. The molecular weight excluding hydrogens is 392 g/mol. The first kappa shape index (κ1) is 20.1. The molecule has 8 heteroatoms. The highest BCUT2D eigenvalue weighted by molar-refractivity contribution is 8.77. The molecule has 3 heterocycles. The summed E-state index contributed by atoms with van der Waals surface area (Å²) < 4.78 is 6.08. The molecule has 4 N–H and O–H groups in total. The SMILES string of the molecule is NC(=O)c1cccc2[nH]c(C3CC(OCCCCCC4CCSS4)CN3)nc12. The second kappa shape index (κ2) is 9.52. The second-order valence-corrected chi connectivity index (χ2v) is 10.3. The van der Waals surface area contributed by atoms with Crippen LogP contribution < -0.4 is 11.1 Å². The number of hydrogen-bond donors (Lipinski definition) is 3. The first-order valence-electron chi connectivity index (χ1n) is 10.1. The van der Waals surface area contributed by atoms with Crippen molar-refractivity contribution in [3.05, 3.63) is 29.6 Å². The van der Waals surface area contributed by atoms with Gasteiger partial charge >= 0.3 is 0 Å². The van der Waals surface area contributed by atoms with Crippen LogP contribution >= 0.6 is 21.6 Å². The van der Waals surface area contributed by atoms with E-state index >= 15 is 0 Å². The Bertz CT molecular complexity index is 807. The van der Waals surface area contributed by atoms with Crippen LogP contribution in [0.25, 0.3) is 11.0 Å². The van der Waals surface area contributed by atoms with Gasteiger partial charge in [0.1, 0.15) is 11.3 Å². The zero-order valence-electron chi connectivity index (χ0n) is 16.0. The van der Waals surface area contributed by atoms with Crippen LogP contribution in [0.4, 0.5) is 0 Å². The number of carbonyl (C=O) groups is 1. The van der Waals surface area contributed by atoms with Crippen LogP contribution in [0.1, 0.15) is 60.7 Å². The summed E-state index contributed by atoms with van der Waals surface area (Å²) in [6, 6.07) is 5.58. The molecule has 3 atom stereocenters. The molecule has 2 fully saturated rings. The lowest BCUT2D eigenvalue weighted by Gasteiger charge is -2.11. The van der Waals surface area contributed by atoms with Gasteiger partial charge in [-0.2, -0.15) is 0 Å². The van der Waals surface area contributed by atoms with Crippen molar-refractivity contribution in [1.82, 2.24) is 15.3 Å². The largest absolute Gasteiger partial charge is 0.377 e. The maximum atomic E-state index is 11.6. The highest BCUT2D eigenvalue weighted by Crippen LogP contribution is 2.39. The average Bonchev–Trinajstić information content (AvgIpc) is 3.44. The molecule has 28 heavy (non-hydrogen) atoms. The highest BCUT2D eigenvalue weighted by Gasteiger charge is 2.28. The van der Waals surface area contributed by atoms with Crippen molar-refractivity contribution >= 4 is 38.5 Å². The van der Waals surface area contributed by atoms with Crippen LogP contribution in [0, 0.1) is 0 Å². The molecule has 3 unspecified atom stereocenters. The maximum absolute atomic E-state index is 11.6. The Morgan fingerprint density at radius 3 is 3.07 bits per heavy atom. The van der Waals surface area contributed by atoms with Gasteiger partial charge in [-0.25, -0.2) is 4.98 Å². The molecule has 2 saturated heterocycles. The van der Waals surface area contributed by atoms with Crippen molar-refractivity contribution < 1.29 is 9.53 Å². The first-order chi connectivity index (χ1) is 13.7. The zero-order chi connectivity index (χ0) is 19.3. The molecule has 2 aromatic rings. The smallest absolute Gasteiger partial charge is 0.250 e. The number of fused-ring (bicyclic) bond motifs is 1. The summed E-state index contributed by atoms with van der Waals surface area (Å²) in [5.74, 6) is 1.72. The van der Waals surface area contributed by atoms with E-state index < -0.39 is 5.91 Å². The predicted molar refractivity (Wildman–Crippen MR) is 117 cm³/mol.